The van der Waals surface area contributed by atoms with Crippen LogP contribution in [0.25, 0.3) is 0 Å². The smallest absolute Gasteiger partial charge is 0.387 e. The summed E-state index contributed by atoms with van der Waals surface area (Å²) in [6.07, 6.45) is 95.1. The van der Waals surface area contributed by atoms with Crippen LogP contribution in [-0.4, -0.2) is 73.4 Å². The van der Waals surface area contributed by atoms with Gasteiger partial charge in [-0.3, -0.25) is 13.8 Å². The lowest BCUT2D eigenvalue weighted by Gasteiger charge is -2.25. The van der Waals surface area contributed by atoms with Crippen molar-refractivity contribution in [1.82, 2.24) is 5.32 Å². The highest BCUT2D eigenvalue weighted by Gasteiger charge is 2.28. The zero-order chi connectivity index (χ0) is 61.2. The predicted octanol–water partition coefficient (Wildman–Crippen LogP) is 22.7. The molecule has 3 N–H and O–H groups in total. The molecule has 0 aromatic carbocycles. The lowest BCUT2D eigenvalue weighted by Crippen LogP contribution is -2.45. The first-order chi connectivity index (χ1) is 41.0. The number of hydrogen-bond acceptors (Lipinski definition) is 5. The summed E-state index contributed by atoms with van der Waals surface area (Å²) in [4.78, 5) is 23.4. The normalized spacial score (nSPS) is 14.3. The second-order valence-corrected chi connectivity index (χ2v) is 26.3. The van der Waals surface area contributed by atoms with Gasteiger partial charge in [-0.1, -0.05) is 329 Å². The maximum absolute atomic E-state index is 13.1. The third-order valence-electron chi connectivity index (χ3n) is 15.5. The van der Waals surface area contributed by atoms with Crippen LogP contribution in [0.1, 0.15) is 309 Å². The van der Waals surface area contributed by atoms with Gasteiger partial charge in [0.05, 0.1) is 39.9 Å². The van der Waals surface area contributed by atoms with Crippen LogP contribution in [0.3, 0.4) is 0 Å². The van der Waals surface area contributed by atoms with Gasteiger partial charge in [0.15, 0.2) is 0 Å². The van der Waals surface area contributed by atoms with E-state index >= 15 is 0 Å². The number of nitrogens with zero attached hydrogens (tertiary/aromatic N) is 1. The average molecular weight is 1190 g/mol. The van der Waals surface area contributed by atoms with Crippen molar-refractivity contribution in [2.24, 2.45) is 0 Å². The second kappa shape index (κ2) is 64.6. The van der Waals surface area contributed by atoms with Gasteiger partial charge < -0.3 is 19.8 Å². The van der Waals surface area contributed by atoms with Gasteiger partial charge in [0.2, 0.25) is 5.91 Å². The van der Waals surface area contributed by atoms with Gasteiger partial charge in [0.1, 0.15) is 13.2 Å². The SMILES string of the molecule is CC/C=C\C/C=C\C/C=C\C/C=C\C/C=C\C/C=C\C/C=C\C/C=C\CCCCCCCCCCCCC(=O)NC(COP(=O)(O)OCC[N+](C)(C)C)C(O)/C=C/CCCCCCCCCCCCCCCCCCCCCCCCCCC. The minimum Gasteiger partial charge on any atom is -0.387 e. The highest BCUT2D eigenvalue weighted by molar-refractivity contribution is 7.47. The molecule has 0 fully saturated rings. The van der Waals surface area contributed by atoms with Crippen molar-refractivity contribution < 1.29 is 32.9 Å². The molecule has 0 aliphatic rings. The Morgan fingerprint density at radius 1 is 0.417 bits per heavy atom. The summed E-state index contributed by atoms with van der Waals surface area (Å²) in [6.45, 7) is 4.72. The van der Waals surface area contributed by atoms with Crippen molar-refractivity contribution in [2.75, 3.05) is 40.9 Å². The molecule has 486 valence electrons. The predicted molar refractivity (Wildman–Crippen MR) is 369 cm³/mol. The number of carbonyl (C=O) groups excluding carboxylic acids is 1. The lowest BCUT2D eigenvalue weighted by atomic mass is 10.0. The molecule has 0 aromatic heterocycles. The van der Waals surface area contributed by atoms with Gasteiger partial charge in [-0.2, -0.15) is 0 Å². The molecule has 0 aliphatic heterocycles. The Hall–Kier alpha value is -2.84. The topological polar surface area (TPSA) is 105 Å². The number of quaternary nitrogens is 1. The average Bonchev–Trinajstić information content (AvgIpc) is 3.56. The summed E-state index contributed by atoms with van der Waals surface area (Å²) in [6, 6.07) is -0.858. The number of unbranched alkanes of at least 4 members (excludes halogenated alkanes) is 35. The molecule has 84 heavy (non-hydrogen) atoms. The largest absolute Gasteiger partial charge is 0.472 e. The summed E-state index contributed by atoms with van der Waals surface area (Å²) in [7, 11) is 1.57. The number of rotatable bonds is 64. The van der Waals surface area contributed by atoms with Crippen LogP contribution >= 0.6 is 7.82 Å². The molecule has 3 unspecified atom stereocenters. The molecular formula is C75H136N2O6P+. The Morgan fingerprint density at radius 2 is 0.714 bits per heavy atom. The Morgan fingerprint density at radius 3 is 1.05 bits per heavy atom. The van der Waals surface area contributed by atoms with Crippen LogP contribution in [-0.2, 0) is 18.4 Å². The van der Waals surface area contributed by atoms with E-state index in [0.717, 1.165) is 96.3 Å². The molecule has 0 bridgehead atoms. The second-order valence-electron chi connectivity index (χ2n) is 24.9. The summed E-state index contributed by atoms with van der Waals surface area (Å²) in [5.41, 5.74) is 0. The molecule has 0 rings (SSSR count). The Balaban J connectivity index is 4.13. The number of aliphatic hydroxyl groups is 1. The summed E-state index contributed by atoms with van der Waals surface area (Å²) in [5.74, 6) is -0.182. The van der Waals surface area contributed by atoms with Crippen molar-refractivity contribution in [2.45, 2.75) is 321 Å². The lowest BCUT2D eigenvalue weighted by molar-refractivity contribution is -0.870. The van der Waals surface area contributed by atoms with E-state index in [-0.39, 0.29) is 19.1 Å². The number of likely N-dealkylation sites (N-methyl/N-ethyl adjacent to an activating group) is 1. The van der Waals surface area contributed by atoms with Gasteiger partial charge in [-0.15, -0.1) is 0 Å². The van der Waals surface area contributed by atoms with Crippen LogP contribution in [0.15, 0.2) is 109 Å². The van der Waals surface area contributed by atoms with Crippen molar-refractivity contribution in [3.05, 3.63) is 109 Å². The summed E-state index contributed by atoms with van der Waals surface area (Å²) in [5, 5.41) is 14.0. The van der Waals surface area contributed by atoms with E-state index in [1.165, 1.54) is 193 Å². The highest BCUT2D eigenvalue weighted by atomic mass is 31.2. The fourth-order valence-corrected chi connectivity index (χ4v) is 10.8. The summed E-state index contributed by atoms with van der Waals surface area (Å²) < 4.78 is 23.8. The minimum absolute atomic E-state index is 0.0565. The first-order valence-corrected chi connectivity index (χ1v) is 36.8. The van der Waals surface area contributed by atoms with E-state index in [9.17, 15) is 19.4 Å². The van der Waals surface area contributed by atoms with Crippen molar-refractivity contribution in [1.29, 1.82) is 0 Å². The van der Waals surface area contributed by atoms with Gasteiger partial charge >= 0.3 is 7.82 Å². The quantitative estimate of drug-likeness (QED) is 0.0243. The van der Waals surface area contributed by atoms with E-state index < -0.39 is 20.0 Å². The van der Waals surface area contributed by atoms with Crippen molar-refractivity contribution >= 4 is 13.7 Å². The van der Waals surface area contributed by atoms with Crippen LogP contribution in [0, 0.1) is 0 Å². The van der Waals surface area contributed by atoms with E-state index in [1.54, 1.807) is 6.08 Å². The Kier molecular flexibility index (Phi) is 62.4. The fourth-order valence-electron chi connectivity index (χ4n) is 10.1. The van der Waals surface area contributed by atoms with Crippen molar-refractivity contribution in [3.8, 4) is 0 Å². The monoisotopic (exact) mass is 1190 g/mol. The number of phosphoric acid groups is 1. The number of hydrogen-bond donors (Lipinski definition) is 3. The molecule has 0 saturated carbocycles. The fraction of sp³-hybridized carbons (Fsp3) is 0.747. The molecule has 0 heterocycles. The third kappa shape index (κ3) is 66.7. The molecule has 8 nitrogen and oxygen atoms in total. The maximum atomic E-state index is 13.1. The minimum atomic E-state index is -4.36. The first-order valence-electron chi connectivity index (χ1n) is 35.3. The molecule has 0 spiro atoms. The highest BCUT2D eigenvalue weighted by Crippen LogP contribution is 2.43. The zero-order valence-corrected chi connectivity index (χ0v) is 56.5. The molecular weight excluding hydrogens is 1060 g/mol. The molecule has 0 aliphatic carbocycles. The van der Waals surface area contributed by atoms with Crippen LogP contribution in [0.2, 0.25) is 0 Å². The zero-order valence-electron chi connectivity index (χ0n) is 55.6. The number of aliphatic hydroxyl groups excluding tert-OH is 1. The van der Waals surface area contributed by atoms with E-state index in [0.29, 0.717) is 17.4 Å². The molecule has 3 atom stereocenters. The molecule has 0 aromatic rings. The molecule has 0 saturated heterocycles. The molecule has 9 heteroatoms. The first kappa shape index (κ1) is 81.2. The Labute approximate surface area is 521 Å². The van der Waals surface area contributed by atoms with E-state index in [2.05, 4.69) is 116 Å². The van der Waals surface area contributed by atoms with Crippen LogP contribution in [0.4, 0.5) is 0 Å². The maximum Gasteiger partial charge on any atom is 0.472 e. The standard InChI is InChI=1S/C75H135N2O6P/c1-6-8-10-12-14-16-18-20-22-24-26-28-30-32-34-35-36-37-38-39-40-41-43-45-47-49-51-53-55-57-59-61-63-65-67-69-75(79)76-73(72-83-84(80,81)82-71-70-77(3,4)5)74(78)68-66-64-62-60-58-56-54-52-50-48-46-44-42-33-31-29-27-25-23-21-19-17-15-13-11-9-7-2/h8,10,14,16,20,22,26,28,32,34,36-37,39-40,43,45,66,68,73-74,78H,6-7,9,11-13,15,17-19,21,23-25,27,29-31,33,35,38,41-42,44,46-65,67,69-72H2,1-5H3,(H-,76,79,80,81)/p+1/b10-8-,16-14-,22-20-,28-26-,34-32-,37-36-,40-39-,45-43-,68-66+. The Bertz CT molecular complexity index is 1740. The molecule has 0 radical (unpaired) electrons. The number of phosphoric ester groups is 1. The van der Waals surface area contributed by atoms with Crippen LogP contribution < -0.4 is 5.32 Å². The number of allylic oxidation sites excluding steroid dienone is 17. The molecule has 1 amide bonds. The number of nitrogens with one attached hydrogen (secondary N) is 1. The number of carbonyl (C=O) groups is 1. The summed E-state index contributed by atoms with van der Waals surface area (Å²) >= 11 is 0. The van der Waals surface area contributed by atoms with Crippen LogP contribution in [0.5, 0.6) is 0 Å². The van der Waals surface area contributed by atoms with Gasteiger partial charge in [0, 0.05) is 6.42 Å². The van der Waals surface area contributed by atoms with Gasteiger partial charge in [-0.05, 0) is 83.5 Å². The van der Waals surface area contributed by atoms with Gasteiger partial charge in [-0.25, -0.2) is 4.57 Å². The third-order valence-corrected chi connectivity index (χ3v) is 16.5. The van der Waals surface area contributed by atoms with E-state index in [4.69, 9.17) is 9.05 Å². The van der Waals surface area contributed by atoms with Crippen molar-refractivity contribution in [3.63, 3.8) is 0 Å². The van der Waals surface area contributed by atoms with E-state index in [1.807, 2.05) is 27.2 Å². The van der Waals surface area contributed by atoms with Gasteiger partial charge in [0.25, 0.3) is 0 Å². The number of amides is 1.